The number of benzene rings is 3. The molecule has 5 rings (SSSR count). The van der Waals surface area contributed by atoms with E-state index in [1.165, 1.54) is 4.68 Å². The Labute approximate surface area is 268 Å². The van der Waals surface area contributed by atoms with E-state index in [1.807, 2.05) is 66.7 Å². The van der Waals surface area contributed by atoms with Gasteiger partial charge in [-0.3, -0.25) is 19.3 Å². The highest BCUT2D eigenvalue weighted by Crippen LogP contribution is 2.31. The zero-order valence-corrected chi connectivity index (χ0v) is 25.6. The number of thioether (sulfide) groups is 1. The van der Waals surface area contributed by atoms with Gasteiger partial charge in [0.25, 0.3) is 5.91 Å². The van der Waals surface area contributed by atoms with E-state index < -0.39 is 48.3 Å². The molecule has 1 saturated heterocycles. The van der Waals surface area contributed by atoms with Gasteiger partial charge in [-0.15, -0.1) is 5.10 Å². The maximum absolute atomic E-state index is 13.4. The number of β-lactam (4-membered cyclic amide) rings is 1. The summed E-state index contributed by atoms with van der Waals surface area (Å²) in [4.78, 5) is 53.2. The lowest BCUT2D eigenvalue weighted by Crippen LogP contribution is -2.74. The number of ether oxygens (including phenoxy) is 2. The molecular weight excluding hydrogens is 620 g/mol. The molecule has 1 aliphatic rings. The lowest BCUT2D eigenvalue weighted by molar-refractivity contribution is -0.194. The number of aromatic nitrogens is 4. The van der Waals surface area contributed by atoms with Gasteiger partial charge in [-0.1, -0.05) is 114 Å². The molecule has 4 aromatic rings. The maximum Gasteiger partial charge on any atom is 0.345 e. The van der Waals surface area contributed by atoms with E-state index in [2.05, 4.69) is 20.8 Å². The predicted octanol–water partition coefficient (Wildman–Crippen LogP) is 2.68. The van der Waals surface area contributed by atoms with Crippen LogP contribution < -0.4 is 5.32 Å². The fourth-order valence-corrected chi connectivity index (χ4v) is 5.57. The molecule has 0 bridgehead atoms. The van der Waals surface area contributed by atoms with E-state index >= 15 is 0 Å². The molecule has 14 heteroatoms. The Bertz CT molecular complexity index is 1590. The molecule has 1 N–H and O–H groups in total. The van der Waals surface area contributed by atoms with Gasteiger partial charge in [-0.2, -0.15) is 0 Å². The highest BCUT2D eigenvalue weighted by atomic mass is 35.5. The second-order valence-corrected chi connectivity index (χ2v) is 11.4. The van der Waals surface area contributed by atoms with Crippen LogP contribution in [0.15, 0.2) is 96.2 Å². The average Bonchev–Trinajstić information content (AvgIpc) is 3.48. The molecular formula is C31H29ClN6O6S. The smallest absolute Gasteiger partial charge is 0.345 e. The van der Waals surface area contributed by atoms with E-state index in [0.717, 1.165) is 22.2 Å². The third-order valence-corrected chi connectivity index (χ3v) is 8.30. The molecule has 45 heavy (non-hydrogen) atoms. The van der Waals surface area contributed by atoms with Gasteiger partial charge < -0.3 is 14.8 Å². The Kier molecular flexibility index (Phi) is 10.6. The Morgan fingerprint density at radius 3 is 2.13 bits per heavy atom. The van der Waals surface area contributed by atoms with E-state index in [0.29, 0.717) is 16.3 Å². The number of nitrogens with zero attached hydrogens (tertiary/aromatic N) is 5. The van der Waals surface area contributed by atoms with Crippen molar-refractivity contribution in [3.63, 3.8) is 0 Å². The van der Waals surface area contributed by atoms with Gasteiger partial charge in [-0.25, -0.2) is 9.48 Å². The number of ketones is 1. The molecule has 0 radical (unpaired) electrons. The predicted molar refractivity (Wildman–Crippen MR) is 164 cm³/mol. The van der Waals surface area contributed by atoms with Crippen molar-refractivity contribution in [1.82, 2.24) is 30.4 Å². The van der Waals surface area contributed by atoms with Crippen molar-refractivity contribution in [2.24, 2.45) is 7.05 Å². The molecule has 3 atom stereocenters. The van der Waals surface area contributed by atoms with Crippen LogP contribution >= 0.6 is 23.4 Å². The summed E-state index contributed by atoms with van der Waals surface area (Å²) in [6, 6.07) is 26.0. The molecule has 1 aliphatic heterocycles. The minimum Gasteiger partial charge on any atom is -0.450 e. The topological polar surface area (TPSA) is 146 Å². The van der Waals surface area contributed by atoms with Gasteiger partial charge in [0.2, 0.25) is 16.6 Å². The number of hydrogen-bond acceptors (Lipinski definition) is 10. The third kappa shape index (κ3) is 7.93. The van der Waals surface area contributed by atoms with Gasteiger partial charge in [0.1, 0.15) is 6.61 Å². The minimum atomic E-state index is -1.60. The second-order valence-electron chi connectivity index (χ2n) is 10.0. The highest BCUT2D eigenvalue weighted by Gasteiger charge is 2.54. The van der Waals surface area contributed by atoms with Gasteiger partial charge in [0.05, 0.1) is 12.2 Å². The first kappa shape index (κ1) is 31.8. The summed E-state index contributed by atoms with van der Waals surface area (Å²) in [5, 5.41) is 14.2. The zero-order chi connectivity index (χ0) is 31.8. The summed E-state index contributed by atoms with van der Waals surface area (Å²) < 4.78 is 13.1. The van der Waals surface area contributed by atoms with Crippen molar-refractivity contribution in [2.75, 3.05) is 12.4 Å². The SMILES string of the molecule is Cn1nnnc1SCC(=O)CO[C@H]1[C@H](NC(=O)Cc2ccccc2)C(=O)N1C(Cl)C(=O)OC(c1ccccc1)c1ccccc1. The number of hydrogen-bond donors (Lipinski definition) is 1. The number of likely N-dealkylation sites (tertiary alicyclic amines) is 1. The van der Waals surface area contributed by atoms with E-state index in [4.69, 9.17) is 21.1 Å². The number of esters is 1. The Morgan fingerprint density at radius 2 is 1.56 bits per heavy atom. The summed E-state index contributed by atoms with van der Waals surface area (Å²) in [6.45, 7) is -0.424. The molecule has 1 unspecified atom stereocenters. The molecule has 2 heterocycles. The first-order chi connectivity index (χ1) is 21.8. The summed E-state index contributed by atoms with van der Waals surface area (Å²) >= 11 is 7.67. The van der Waals surface area contributed by atoms with Crippen molar-refractivity contribution in [1.29, 1.82) is 0 Å². The first-order valence-corrected chi connectivity index (χ1v) is 15.3. The van der Waals surface area contributed by atoms with E-state index in [-0.39, 0.29) is 18.0 Å². The largest absolute Gasteiger partial charge is 0.450 e. The van der Waals surface area contributed by atoms with Gasteiger partial charge in [0.15, 0.2) is 24.2 Å². The van der Waals surface area contributed by atoms with Crippen LogP contribution in [-0.2, 0) is 42.1 Å². The Hall–Kier alpha value is -4.59. The molecule has 1 aromatic heterocycles. The molecule has 0 aliphatic carbocycles. The standard InChI is InChI=1S/C31H29ClN6O6S/c1-37-31(34-35-36-37)45-19-23(39)18-43-29-25(33-24(40)17-20-11-5-2-6-12-20)28(41)38(29)27(32)30(42)44-26(21-13-7-3-8-14-21)22-15-9-4-10-16-22/h2-16,25-27,29H,17-19H2,1H3,(H,33,40)/t25-,27?,29+/m1/s1. The Balaban J connectivity index is 1.29. The van der Waals surface area contributed by atoms with Crippen LogP contribution in [0.3, 0.4) is 0 Å². The number of tetrazole rings is 1. The van der Waals surface area contributed by atoms with E-state index in [1.54, 1.807) is 31.3 Å². The lowest BCUT2D eigenvalue weighted by atomic mass is 10.0. The van der Waals surface area contributed by atoms with Gasteiger partial charge >= 0.3 is 5.97 Å². The molecule has 1 fully saturated rings. The van der Waals surface area contributed by atoms with Crippen LogP contribution in [0.25, 0.3) is 0 Å². The quantitative estimate of drug-likeness (QED) is 0.0712. The van der Waals surface area contributed by atoms with Gasteiger partial charge in [0, 0.05) is 7.05 Å². The van der Waals surface area contributed by atoms with Crippen molar-refractivity contribution >= 4 is 46.9 Å². The van der Waals surface area contributed by atoms with Crippen molar-refractivity contribution in [3.8, 4) is 0 Å². The fourth-order valence-electron chi connectivity index (χ4n) is 4.62. The van der Waals surface area contributed by atoms with Crippen molar-refractivity contribution in [2.45, 2.75) is 35.5 Å². The zero-order valence-electron chi connectivity index (χ0n) is 24.1. The van der Waals surface area contributed by atoms with Crippen LogP contribution in [0, 0.1) is 0 Å². The first-order valence-electron chi connectivity index (χ1n) is 13.9. The van der Waals surface area contributed by atoms with Crippen LogP contribution in [-0.4, -0.2) is 78.8 Å². The molecule has 2 amide bonds. The highest BCUT2D eigenvalue weighted by molar-refractivity contribution is 7.99. The molecule has 0 spiro atoms. The van der Waals surface area contributed by atoms with Crippen LogP contribution in [0.2, 0.25) is 0 Å². The van der Waals surface area contributed by atoms with Crippen LogP contribution in [0.4, 0.5) is 0 Å². The molecule has 12 nitrogen and oxygen atoms in total. The number of aryl methyl sites for hydroxylation is 1. The molecule has 3 aromatic carbocycles. The Morgan fingerprint density at radius 1 is 0.956 bits per heavy atom. The second kappa shape index (κ2) is 14.9. The molecule has 232 valence electrons. The number of alkyl halides is 1. The number of amides is 2. The minimum absolute atomic E-state index is 0.0118. The average molecular weight is 649 g/mol. The number of rotatable bonds is 14. The summed E-state index contributed by atoms with van der Waals surface area (Å²) in [6.07, 6.45) is -1.99. The molecule has 0 saturated carbocycles. The van der Waals surface area contributed by atoms with Crippen LogP contribution in [0.1, 0.15) is 22.8 Å². The number of nitrogens with one attached hydrogen (secondary N) is 1. The van der Waals surface area contributed by atoms with Crippen LogP contribution in [0.5, 0.6) is 0 Å². The van der Waals surface area contributed by atoms with Crippen molar-refractivity contribution in [3.05, 3.63) is 108 Å². The maximum atomic E-state index is 13.4. The normalized spacial score (nSPS) is 16.6. The summed E-state index contributed by atoms with van der Waals surface area (Å²) in [5.74, 6) is -2.34. The van der Waals surface area contributed by atoms with Gasteiger partial charge in [-0.05, 0) is 27.1 Å². The fraction of sp³-hybridized carbons (Fsp3) is 0.258. The number of halogens is 1. The monoisotopic (exact) mass is 648 g/mol. The lowest BCUT2D eigenvalue weighted by Gasteiger charge is -2.47. The number of Topliss-reactive ketones (excluding diaryl/α,β-unsaturated/α-hetero) is 1. The summed E-state index contributed by atoms with van der Waals surface area (Å²) in [5.41, 5.74) is 0.550. The third-order valence-electron chi connectivity index (χ3n) is 6.84. The van der Waals surface area contributed by atoms with E-state index in [9.17, 15) is 19.2 Å². The van der Waals surface area contributed by atoms with Crippen molar-refractivity contribution < 1.29 is 28.7 Å². The number of carbonyl (C=O) groups excluding carboxylic acids is 4. The summed E-state index contributed by atoms with van der Waals surface area (Å²) in [7, 11) is 1.64. The number of carbonyl (C=O) groups is 4.